The van der Waals surface area contributed by atoms with E-state index in [2.05, 4.69) is 4.72 Å². The van der Waals surface area contributed by atoms with Gasteiger partial charge in [0.2, 0.25) is 5.09 Å². The van der Waals surface area contributed by atoms with Gasteiger partial charge >= 0.3 is 0 Å². The lowest BCUT2D eigenvalue weighted by atomic mass is 10.2. The highest BCUT2D eigenvalue weighted by Crippen LogP contribution is 2.29. The number of anilines is 2. The number of sulfone groups is 1. The third-order valence-corrected chi connectivity index (χ3v) is 7.40. The smallest absolute Gasteiger partial charge is 0.295 e. The number of furan rings is 1. The molecule has 1 heterocycles. The Hall–Kier alpha value is -3.30. The van der Waals surface area contributed by atoms with E-state index in [1.54, 1.807) is 54.6 Å². The Morgan fingerprint density at radius 3 is 2.33 bits per heavy atom. The highest BCUT2D eigenvalue weighted by Gasteiger charge is 2.25. The second kappa shape index (κ2) is 7.51. The van der Waals surface area contributed by atoms with Crippen LogP contribution in [0.25, 0.3) is 11.0 Å². The summed E-state index contributed by atoms with van der Waals surface area (Å²) in [6.07, 6.45) is 0. The molecule has 0 aliphatic carbocycles. The fourth-order valence-electron chi connectivity index (χ4n) is 3.09. The number of rotatable bonds is 6. The number of fused-ring (bicyclic) bond motifs is 1. The minimum atomic E-state index is -4.14. The van der Waals surface area contributed by atoms with Crippen LogP contribution in [-0.2, 0) is 25.6 Å². The van der Waals surface area contributed by atoms with Gasteiger partial charge in [0.15, 0.2) is 9.84 Å². The fourth-order valence-corrected chi connectivity index (χ4v) is 5.72. The number of benzene rings is 3. The van der Waals surface area contributed by atoms with Crippen LogP contribution in [0, 0.1) is 0 Å². The lowest BCUT2D eigenvalue weighted by Crippen LogP contribution is -2.15. The van der Waals surface area contributed by atoms with Gasteiger partial charge in [0, 0.05) is 17.1 Å². The van der Waals surface area contributed by atoms with Crippen LogP contribution in [0.4, 0.5) is 11.4 Å². The summed E-state index contributed by atoms with van der Waals surface area (Å²) < 4.78 is 59.4. The van der Waals surface area contributed by atoms with Crippen molar-refractivity contribution in [2.24, 2.45) is 0 Å². The van der Waals surface area contributed by atoms with Crippen LogP contribution in [0.3, 0.4) is 0 Å². The summed E-state index contributed by atoms with van der Waals surface area (Å²) in [4.78, 5) is -0.132. The molecule has 4 aromatic rings. The van der Waals surface area contributed by atoms with Gasteiger partial charge in [0.25, 0.3) is 10.0 Å². The molecule has 0 fully saturated rings. The third kappa shape index (κ3) is 4.03. The molecule has 0 bridgehead atoms. The maximum atomic E-state index is 13.0. The van der Waals surface area contributed by atoms with E-state index in [4.69, 9.17) is 10.2 Å². The topological polar surface area (TPSA) is 119 Å². The fraction of sp³-hybridized carbons (Fsp3) is 0.0476. The Morgan fingerprint density at radius 2 is 1.57 bits per heavy atom. The number of sulfonamides is 1. The van der Waals surface area contributed by atoms with Crippen LogP contribution in [0.2, 0.25) is 0 Å². The zero-order valence-corrected chi connectivity index (χ0v) is 17.3. The van der Waals surface area contributed by atoms with Gasteiger partial charge in [-0.05, 0) is 35.9 Å². The molecule has 7 nitrogen and oxygen atoms in total. The number of para-hydroxylation sites is 2. The van der Waals surface area contributed by atoms with E-state index in [-0.39, 0.29) is 21.4 Å². The van der Waals surface area contributed by atoms with Gasteiger partial charge in [0.1, 0.15) is 5.58 Å². The van der Waals surface area contributed by atoms with Crippen LogP contribution in [0.15, 0.2) is 93.3 Å². The first-order valence-corrected chi connectivity index (χ1v) is 12.1. The van der Waals surface area contributed by atoms with E-state index in [1.807, 2.05) is 0 Å². The molecule has 0 aliphatic rings. The first-order chi connectivity index (χ1) is 14.2. The van der Waals surface area contributed by atoms with Crippen LogP contribution in [0.5, 0.6) is 0 Å². The van der Waals surface area contributed by atoms with Crippen LogP contribution >= 0.6 is 0 Å². The monoisotopic (exact) mass is 442 g/mol. The Balaban J connectivity index is 1.69. The van der Waals surface area contributed by atoms with Gasteiger partial charge in [-0.25, -0.2) is 8.42 Å². The zero-order chi connectivity index (χ0) is 21.4. The normalized spacial score (nSPS) is 12.1. The summed E-state index contributed by atoms with van der Waals surface area (Å²) >= 11 is 0. The minimum absolute atomic E-state index is 0.0538. The number of hydrogen-bond acceptors (Lipinski definition) is 6. The zero-order valence-electron chi connectivity index (χ0n) is 15.6. The Bertz CT molecular complexity index is 1410. The van der Waals surface area contributed by atoms with Gasteiger partial charge in [-0.1, -0.05) is 42.5 Å². The Kier molecular flexibility index (Phi) is 5.00. The lowest BCUT2D eigenvalue weighted by molar-refractivity contribution is 0.484. The average Bonchev–Trinajstić information content (AvgIpc) is 3.13. The van der Waals surface area contributed by atoms with E-state index in [0.29, 0.717) is 22.2 Å². The quantitative estimate of drug-likeness (QED) is 0.439. The molecule has 0 saturated carbocycles. The van der Waals surface area contributed by atoms with Crippen molar-refractivity contribution in [2.75, 3.05) is 10.5 Å². The number of hydrogen-bond donors (Lipinski definition) is 2. The summed E-state index contributed by atoms with van der Waals surface area (Å²) in [5, 5.41) is 0.326. The summed E-state index contributed by atoms with van der Waals surface area (Å²) in [6, 6.07) is 20.6. The van der Waals surface area contributed by atoms with Crippen molar-refractivity contribution < 1.29 is 21.3 Å². The highest BCUT2D eigenvalue weighted by atomic mass is 32.2. The number of nitrogens with one attached hydrogen (secondary N) is 1. The van der Waals surface area contributed by atoms with E-state index >= 15 is 0 Å². The molecule has 30 heavy (non-hydrogen) atoms. The maximum Gasteiger partial charge on any atom is 0.295 e. The maximum absolute atomic E-state index is 13.0. The largest absolute Gasteiger partial charge is 0.443 e. The van der Waals surface area contributed by atoms with Gasteiger partial charge in [-0.15, -0.1) is 0 Å². The van der Waals surface area contributed by atoms with Gasteiger partial charge in [-0.3, -0.25) is 4.72 Å². The second-order valence-corrected chi connectivity index (χ2v) is 10.3. The van der Waals surface area contributed by atoms with Crippen molar-refractivity contribution >= 4 is 42.2 Å². The first-order valence-electron chi connectivity index (χ1n) is 8.92. The molecular formula is C21H18N2O5S2. The highest BCUT2D eigenvalue weighted by molar-refractivity contribution is 7.93. The summed E-state index contributed by atoms with van der Waals surface area (Å²) in [5.74, 6) is -0.318. The van der Waals surface area contributed by atoms with Gasteiger partial charge in [-0.2, -0.15) is 8.42 Å². The standard InChI is InChI=1S/C21H18N2O5S2/c22-17-8-5-6-15(12-17)14-29(24,25)20-11-4-2-9-18(20)23-30(26,27)21-13-16-7-1-3-10-19(16)28-21/h1-13,23H,14,22H2. The minimum Gasteiger partial charge on any atom is -0.443 e. The van der Waals surface area contributed by atoms with Gasteiger partial charge in [0.05, 0.1) is 16.3 Å². The van der Waals surface area contributed by atoms with Crippen LogP contribution in [-0.4, -0.2) is 16.8 Å². The number of nitrogen functional groups attached to an aromatic ring is 1. The molecule has 0 atom stereocenters. The molecule has 1 aromatic heterocycles. The van der Waals surface area contributed by atoms with Crippen molar-refractivity contribution in [2.45, 2.75) is 15.7 Å². The van der Waals surface area contributed by atoms with Gasteiger partial charge < -0.3 is 10.2 Å². The predicted molar refractivity (Wildman–Crippen MR) is 115 cm³/mol. The van der Waals surface area contributed by atoms with E-state index in [9.17, 15) is 16.8 Å². The predicted octanol–water partition coefficient (Wildman–Crippen LogP) is 3.79. The van der Waals surface area contributed by atoms with Crippen molar-refractivity contribution in [1.29, 1.82) is 0 Å². The molecule has 4 rings (SSSR count). The summed E-state index contributed by atoms with van der Waals surface area (Å²) in [5.41, 5.74) is 7.04. The van der Waals surface area contributed by atoms with E-state index in [1.165, 1.54) is 24.3 Å². The van der Waals surface area contributed by atoms with Crippen molar-refractivity contribution in [3.05, 3.63) is 84.4 Å². The molecule has 9 heteroatoms. The molecular weight excluding hydrogens is 424 g/mol. The SMILES string of the molecule is Nc1cccc(CS(=O)(=O)c2ccccc2NS(=O)(=O)c2cc3ccccc3o2)c1. The third-order valence-electron chi connectivity index (χ3n) is 4.44. The molecule has 0 amide bonds. The first kappa shape index (κ1) is 20.0. The van der Waals surface area contributed by atoms with Crippen molar-refractivity contribution in [3.8, 4) is 0 Å². The Labute approximate surface area is 174 Å². The number of nitrogens with two attached hydrogens (primary N) is 1. The van der Waals surface area contributed by atoms with E-state index < -0.39 is 19.9 Å². The molecule has 3 N–H and O–H groups in total. The summed E-state index contributed by atoms with van der Waals surface area (Å²) in [7, 11) is -7.99. The summed E-state index contributed by atoms with van der Waals surface area (Å²) in [6.45, 7) is 0. The lowest BCUT2D eigenvalue weighted by Gasteiger charge is -2.12. The van der Waals surface area contributed by atoms with Crippen LogP contribution < -0.4 is 10.5 Å². The Morgan fingerprint density at radius 1 is 0.833 bits per heavy atom. The second-order valence-electron chi connectivity index (χ2n) is 6.71. The molecule has 0 spiro atoms. The van der Waals surface area contributed by atoms with E-state index in [0.717, 1.165) is 0 Å². The molecule has 3 aromatic carbocycles. The van der Waals surface area contributed by atoms with Crippen molar-refractivity contribution in [1.82, 2.24) is 0 Å². The molecule has 0 radical (unpaired) electrons. The van der Waals surface area contributed by atoms with Crippen LogP contribution in [0.1, 0.15) is 5.56 Å². The average molecular weight is 443 g/mol. The van der Waals surface area contributed by atoms with Crippen molar-refractivity contribution in [3.63, 3.8) is 0 Å². The molecule has 154 valence electrons. The molecule has 0 aliphatic heterocycles. The molecule has 0 saturated heterocycles. The molecule has 0 unspecified atom stereocenters.